The fourth-order valence-electron chi connectivity index (χ4n) is 4.24. The van der Waals surface area contributed by atoms with Gasteiger partial charge >= 0.3 is 0 Å². The van der Waals surface area contributed by atoms with Gasteiger partial charge in [0.15, 0.2) is 17.1 Å². The van der Waals surface area contributed by atoms with Crippen LogP contribution in [0.15, 0.2) is 49.1 Å². The summed E-state index contributed by atoms with van der Waals surface area (Å²) in [5.41, 5.74) is 4.04. The Balaban J connectivity index is 1.44. The number of aromatic amines is 2. The summed E-state index contributed by atoms with van der Waals surface area (Å²) in [6.45, 7) is 3.98. The molecule has 0 saturated heterocycles. The number of imidazole rings is 1. The van der Waals surface area contributed by atoms with Gasteiger partial charge in [-0.05, 0) is 37.6 Å². The van der Waals surface area contributed by atoms with Gasteiger partial charge in [0.1, 0.15) is 11.5 Å². The van der Waals surface area contributed by atoms with Crippen molar-refractivity contribution >= 4 is 45.1 Å². The molecular formula is C26H21FN8OS. The molecule has 37 heavy (non-hydrogen) atoms. The number of hydrogen-bond donors (Lipinski definition) is 3. The highest BCUT2D eigenvalue weighted by molar-refractivity contribution is 7.15. The molecule has 0 bridgehead atoms. The summed E-state index contributed by atoms with van der Waals surface area (Å²) >= 11 is 1.68. The molecule has 0 unspecified atom stereocenters. The molecule has 6 aromatic heterocycles. The Kier molecular flexibility index (Phi) is 5.68. The number of aryl methyl sites for hydroxylation is 1. The van der Waals surface area contributed by atoms with Crippen molar-refractivity contribution in [3.63, 3.8) is 0 Å². The van der Waals surface area contributed by atoms with Gasteiger partial charge in [0.25, 0.3) is 0 Å². The number of nitrogens with zero attached hydrogens (tertiary/aromatic N) is 5. The molecule has 6 heterocycles. The lowest BCUT2D eigenvalue weighted by Gasteiger charge is -2.08. The van der Waals surface area contributed by atoms with Crippen LogP contribution in [0.5, 0.6) is 0 Å². The van der Waals surface area contributed by atoms with Crippen LogP contribution in [-0.4, -0.2) is 41.0 Å². The Morgan fingerprint density at radius 1 is 1.11 bits per heavy atom. The van der Waals surface area contributed by atoms with Gasteiger partial charge in [0, 0.05) is 51.5 Å². The van der Waals surface area contributed by atoms with Gasteiger partial charge in [-0.25, -0.2) is 19.3 Å². The quantitative estimate of drug-likeness (QED) is 0.256. The number of carbonyl (C=O) groups excluding carboxylic acids is 1. The number of rotatable bonds is 6. The Morgan fingerprint density at radius 3 is 2.81 bits per heavy atom. The maximum absolute atomic E-state index is 16.0. The fourth-order valence-corrected chi connectivity index (χ4v) is 5.14. The van der Waals surface area contributed by atoms with Crippen LogP contribution in [0.2, 0.25) is 0 Å². The highest BCUT2D eigenvalue weighted by atomic mass is 32.1. The largest absolute Gasteiger partial charge is 0.335 e. The minimum Gasteiger partial charge on any atom is -0.335 e. The molecule has 6 rings (SSSR count). The van der Waals surface area contributed by atoms with Crippen molar-refractivity contribution in [1.82, 2.24) is 35.1 Å². The molecule has 0 aliphatic carbocycles. The monoisotopic (exact) mass is 512 g/mol. The zero-order valence-electron chi connectivity index (χ0n) is 20.0. The third kappa shape index (κ3) is 4.12. The van der Waals surface area contributed by atoms with E-state index in [-0.39, 0.29) is 22.5 Å². The zero-order valence-corrected chi connectivity index (χ0v) is 20.8. The molecule has 0 spiro atoms. The van der Waals surface area contributed by atoms with E-state index in [2.05, 4.69) is 59.5 Å². The van der Waals surface area contributed by atoms with Crippen molar-refractivity contribution in [2.45, 2.75) is 26.7 Å². The summed E-state index contributed by atoms with van der Waals surface area (Å²) in [4.78, 5) is 35.1. The van der Waals surface area contributed by atoms with Crippen molar-refractivity contribution in [1.29, 1.82) is 0 Å². The first-order valence-corrected chi connectivity index (χ1v) is 12.5. The molecule has 0 aliphatic heterocycles. The molecular weight excluding hydrogens is 491 g/mol. The third-order valence-corrected chi connectivity index (χ3v) is 7.00. The van der Waals surface area contributed by atoms with Crippen molar-refractivity contribution in [3.05, 3.63) is 59.7 Å². The summed E-state index contributed by atoms with van der Waals surface area (Å²) in [6, 6.07) is 7.73. The number of nitrogens with one attached hydrogen (secondary N) is 3. The zero-order chi connectivity index (χ0) is 25.5. The summed E-state index contributed by atoms with van der Waals surface area (Å²) in [7, 11) is 0. The molecule has 9 nitrogen and oxygen atoms in total. The first kappa shape index (κ1) is 22.9. The smallest absolute Gasteiger partial charge is 0.224 e. The van der Waals surface area contributed by atoms with Crippen LogP contribution in [0.3, 0.4) is 0 Å². The predicted molar refractivity (Wildman–Crippen MR) is 142 cm³/mol. The minimum absolute atomic E-state index is 0.122. The van der Waals surface area contributed by atoms with E-state index in [4.69, 9.17) is 0 Å². The average molecular weight is 513 g/mol. The van der Waals surface area contributed by atoms with Gasteiger partial charge in [-0.2, -0.15) is 5.10 Å². The number of anilines is 1. The van der Waals surface area contributed by atoms with Crippen LogP contribution >= 0.6 is 11.3 Å². The number of carbonyl (C=O) groups is 1. The van der Waals surface area contributed by atoms with Gasteiger partial charge in [-0.1, -0.05) is 6.92 Å². The number of pyridine rings is 3. The van der Waals surface area contributed by atoms with Crippen molar-refractivity contribution < 1.29 is 9.18 Å². The summed E-state index contributed by atoms with van der Waals surface area (Å²) in [5, 5.41) is 10.1. The van der Waals surface area contributed by atoms with Crippen molar-refractivity contribution in [2.75, 3.05) is 5.32 Å². The van der Waals surface area contributed by atoms with E-state index in [9.17, 15) is 4.79 Å². The van der Waals surface area contributed by atoms with E-state index in [1.165, 1.54) is 23.5 Å². The van der Waals surface area contributed by atoms with Gasteiger partial charge in [0.05, 0.1) is 22.8 Å². The second-order valence-electron chi connectivity index (χ2n) is 8.60. The number of amides is 1. The van der Waals surface area contributed by atoms with Gasteiger partial charge < -0.3 is 10.3 Å². The van der Waals surface area contributed by atoms with E-state index in [0.29, 0.717) is 34.8 Å². The molecule has 0 saturated carbocycles. The van der Waals surface area contributed by atoms with E-state index < -0.39 is 5.82 Å². The summed E-state index contributed by atoms with van der Waals surface area (Å²) < 4.78 is 16.0. The first-order chi connectivity index (χ1) is 18.0. The standard InChI is InChI=1S/C26H21FN8OS/c1-3-4-19(36)31-15-9-14(10-28-11-15)17-12-30-24-20(21(17)27)23(34-35-24)26-32-22-16(7-8-29-25(22)33-26)18-6-5-13(2)37-18/h5-12H,3-4H2,1-2H3,(H,31,36)(H,29,32,33)(H,30,34,35). The van der Waals surface area contributed by atoms with Gasteiger partial charge in [-0.15, -0.1) is 11.3 Å². The second kappa shape index (κ2) is 9.17. The number of hydrogen-bond acceptors (Lipinski definition) is 7. The van der Waals surface area contributed by atoms with E-state index >= 15 is 4.39 Å². The van der Waals surface area contributed by atoms with E-state index in [0.717, 1.165) is 22.4 Å². The number of aromatic nitrogens is 7. The van der Waals surface area contributed by atoms with Crippen LogP contribution in [-0.2, 0) is 4.79 Å². The number of thiophene rings is 1. The average Bonchev–Trinajstić information content (AvgIpc) is 3.62. The highest BCUT2D eigenvalue weighted by Gasteiger charge is 2.21. The topological polar surface area (TPSA) is 125 Å². The lowest BCUT2D eigenvalue weighted by Crippen LogP contribution is -2.10. The summed E-state index contributed by atoms with van der Waals surface area (Å²) in [6.07, 6.45) is 7.30. The van der Waals surface area contributed by atoms with Gasteiger partial charge in [-0.3, -0.25) is 14.9 Å². The Labute approximate surface area is 214 Å². The van der Waals surface area contributed by atoms with Crippen LogP contribution < -0.4 is 5.32 Å². The van der Waals surface area contributed by atoms with Crippen LogP contribution in [0.4, 0.5) is 10.1 Å². The molecule has 0 radical (unpaired) electrons. The lowest BCUT2D eigenvalue weighted by molar-refractivity contribution is -0.116. The molecule has 1 amide bonds. The maximum Gasteiger partial charge on any atom is 0.224 e. The molecule has 11 heteroatoms. The number of H-pyrrole nitrogens is 2. The molecule has 184 valence electrons. The molecule has 3 N–H and O–H groups in total. The Bertz CT molecular complexity index is 1790. The first-order valence-electron chi connectivity index (χ1n) is 11.7. The Morgan fingerprint density at radius 2 is 2.00 bits per heavy atom. The fraction of sp³-hybridized carbons (Fsp3) is 0.154. The van der Waals surface area contributed by atoms with E-state index in [1.54, 1.807) is 23.6 Å². The molecule has 0 aromatic carbocycles. The molecule has 0 atom stereocenters. The molecule has 0 fully saturated rings. The molecule has 0 aliphatic rings. The van der Waals surface area contributed by atoms with Crippen LogP contribution in [0, 0.1) is 12.7 Å². The predicted octanol–water partition coefficient (Wildman–Crippen LogP) is 5.87. The SMILES string of the molecule is CCCC(=O)Nc1cncc(-c2cnc3n[nH]c(-c4nc5nccc(-c6ccc(C)s6)c5[nH]4)c3c2F)c1. The lowest BCUT2D eigenvalue weighted by atomic mass is 10.1. The highest BCUT2D eigenvalue weighted by Crippen LogP contribution is 2.36. The van der Waals surface area contributed by atoms with E-state index in [1.807, 2.05) is 13.0 Å². The third-order valence-electron chi connectivity index (χ3n) is 5.96. The molecule has 6 aromatic rings. The number of halogens is 1. The van der Waals surface area contributed by atoms with Crippen LogP contribution in [0.1, 0.15) is 24.6 Å². The van der Waals surface area contributed by atoms with Crippen LogP contribution in [0.25, 0.3) is 55.3 Å². The van der Waals surface area contributed by atoms with Gasteiger partial charge in [0.2, 0.25) is 5.91 Å². The minimum atomic E-state index is -0.518. The Hall–Kier alpha value is -4.51. The van der Waals surface area contributed by atoms with Crippen molar-refractivity contribution in [2.24, 2.45) is 0 Å². The van der Waals surface area contributed by atoms with Crippen molar-refractivity contribution in [3.8, 4) is 33.1 Å². The number of fused-ring (bicyclic) bond motifs is 2. The second-order valence-corrected chi connectivity index (χ2v) is 9.88. The maximum atomic E-state index is 16.0. The normalized spacial score (nSPS) is 11.4. The summed E-state index contributed by atoms with van der Waals surface area (Å²) in [5.74, 6) is -0.236.